The third-order valence-corrected chi connectivity index (χ3v) is 4.46. The van der Waals surface area contributed by atoms with Gasteiger partial charge in [-0.3, -0.25) is 0 Å². The zero-order chi connectivity index (χ0) is 13.1. The van der Waals surface area contributed by atoms with E-state index in [0.717, 1.165) is 11.8 Å². The molecule has 1 nitrogen and oxygen atoms in total. The van der Waals surface area contributed by atoms with Gasteiger partial charge in [0.05, 0.1) is 0 Å². The topological polar surface area (TPSA) is 12.0 Å². The zero-order valence-electron chi connectivity index (χ0n) is 12.3. The van der Waals surface area contributed by atoms with Crippen LogP contribution < -0.4 is 5.32 Å². The molecular weight excluding hydrogens is 218 g/mol. The fourth-order valence-electron chi connectivity index (χ4n) is 3.13. The molecule has 0 bridgehead atoms. The monoisotopic (exact) mass is 245 g/mol. The maximum Gasteiger partial charge on any atom is 0.0372 e. The molecule has 1 saturated carbocycles. The number of hydrogen-bond acceptors (Lipinski definition) is 1. The van der Waals surface area contributed by atoms with Gasteiger partial charge in [-0.2, -0.15) is 0 Å². The molecule has 2 rings (SSSR count). The SMILES string of the molecule is Cc1ccc(NC2CCC(C(C)C)CC2)c(C)c1. The van der Waals surface area contributed by atoms with Gasteiger partial charge in [0.15, 0.2) is 0 Å². The first-order chi connectivity index (χ1) is 8.56. The van der Waals surface area contributed by atoms with Crippen LogP contribution >= 0.6 is 0 Å². The van der Waals surface area contributed by atoms with E-state index in [1.54, 1.807) is 0 Å². The lowest BCUT2D eigenvalue weighted by atomic mass is 9.79. The van der Waals surface area contributed by atoms with Gasteiger partial charge in [-0.25, -0.2) is 0 Å². The van der Waals surface area contributed by atoms with Gasteiger partial charge in [0.1, 0.15) is 0 Å². The molecule has 1 aliphatic rings. The van der Waals surface area contributed by atoms with Crippen molar-refractivity contribution in [1.82, 2.24) is 0 Å². The van der Waals surface area contributed by atoms with Gasteiger partial charge in [-0.05, 0) is 63.0 Å². The van der Waals surface area contributed by atoms with Crippen molar-refractivity contribution in [2.75, 3.05) is 5.32 Å². The summed E-state index contributed by atoms with van der Waals surface area (Å²) in [6, 6.07) is 7.39. The minimum absolute atomic E-state index is 0.682. The highest BCUT2D eigenvalue weighted by molar-refractivity contribution is 5.52. The summed E-state index contributed by atoms with van der Waals surface area (Å²) in [4.78, 5) is 0. The van der Waals surface area contributed by atoms with Crippen LogP contribution in [0, 0.1) is 25.7 Å². The van der Waals surface area contributed by atoms with Crippen molar-refractivity contribution >= 4 is 5.69 Å². The fraction of sp³-hybridized carbons (Fsp3) is 0.647. The predicted octanol–water partition coefficient (Wildman–Crippen LogP) is 4.93. The summed E-state index contributed by atoms with van der Waals surface area (Å²) in [5.74, 6) is 1.80. The van der Waals surface area contributed by atoms with Crippen LogP contribution in [0.15, 0.2) is 18.2 Å². The first-order valence-electron chi connectivity index (χ1n) is 7.40. The molecule has 0 radical (unpaired) electrons. The van der Waals surface area contributed by atoms with E-state index in [-0.39, 0.29) is 0 Å². The summed E-state index contributed by atoms with van der Waals surface area (Å²) in [5, 5.41) is 3.74. The van der Waals surface area contributed by atoms with Crippen LogP contribution in [-0.4, -0.2) is 6.04 Å². The lowest BCUT2D eigenvalue weighted by molar-refractivity contribution is 0.267. The minimum atomic E-state index is 0.682. The number of nitrogens with one attached hydrogen (secondary N) is 1. The molecule has 1 aromatic carbocycles. The smallest absolute Gasteiger partial charge is 0.0372 e. The Bertz CT molecular complexity index is 387. The first-order valence-corrected chi connectivity index (χ1v) is 7.40. The molecule has 1 fully saturated rings. The molecule has 0 atom stereocenters. The van der Waals surface area contributed by atoms with Crippen molar-refractivity contribution in [3.63, 3.8) is 0 Å². The van der Waals surface area contributed by atoms with Crippen LogP contribution in [0.25, 0.3) is 0 Å². The number of hydrogen-bond donors (Lipinski definition) is 1. The quantitative estimate of drug-likeness (QED) is 0.796. The Morgan fingerprint density at radius 3 is 2.28 bits per heavy atom. The molecular formula is C17H27N. The predicted molar refractivity (Wildman–Crippen MR) is 80.1 cm³/mol. The average Bonchev–Trinajstić information content (AvgIpc) is 2.33. The van der Waals surface area contributed by atoms with Gasteiger partial charge in [0.2, 0.25) is 0 Å². The Morgan fingerprint density at radius 1 is 1.06 bits per heavy atom. The van der Waals surface area contributed by atoms with Gasteiger partial charge in [-0.15, -0.1) is 0 Å². The summed E-state index contributed by atoms with van der Waals surface area (Å²) in [5.41, 5.74) is 4.05. The highest BCUT2D eigenvalue weighted by Crippen LogP contribution is 2.31. The van der Waals surface area contributed by atoms with Crippen LogP contribution in [0.5, 0.6) is 0 Å². The number of anilines is 1. The van der Waals surface area contributed by atoms with Crippen LogP contribution in [-0.2, 0) is 0 Å². The number of benzene rings is 1. The standard InChI is InChI=1S/C17H27N/c1-12(2)15-6-8-16(9-7-15)18-17-10-5-13(3)11-14(17)4/h5,10-12,15-16,18H,6-9H2,1-4H3. The summed E-state index contributed by atoms with van der Waals surface area (Å²) in [7, 11) is 0. The van der Waals surface area contributed by atoms with E-state index in [1.165, 1.54) is 42.5 Å². The maximum absolute atomic E-state index is 3.74. The molecule has 1 heteroatoms. The van der Waals surface area contributed by atoms with E-state index in [0.29, 0.717) is 6.04 Å². The van der Waals surface area contributed by atoms with E-state index >= 15 is 0 Å². The normalized spacial score (nSPS) is 24.3. The Balaban J connectivity index is 1.91. The third kappa shape index (κ3) is 3.28. The molecule has 0 unspecified atom stereocenters. The third-order valence-electron chi connectivity index (χ3n) is 4.46. The van der Waals surface area contributed by atoms with Gasteiger partial charge in [0, 0.05) is 11.7 Å². The number of aryl methyl sites for hydroxylation is 2. The van der Waals surface area contributed by atoms with Crippen LogP contribution in [0.4, 0.5) is 5.69 Å². The van der Waals surface area contributed by atoms with Gasteiger partial charge in [-0.1, -0.05) is 31.5 Å². The highest BCUT2D eigenvalue weighted by atomic mass is 14.9. The molecule has 1 N–H and O–H groups in total. The van der Waals surface area contributed by atoms with Crippen molar-refractivity contribution < 1.29 is 0 Å². The molecule has 18 heavy (non-hydrogen) atoms. The lowest BCUT2D eigenvalue weighted by Gasteiger charge is -2.32. The average molecular weight is 245 g/mol. The summed E-state index contributed by atoms with van der Waals surface area (Å²) >= 11 is 0. The van der Waals surface area contributed by atoms with Gasteiger partial charge < -0.3 is 5.32 Å². The number of rotatable bonds is 3. The van der Waals surface area contributed by atoms with Gasteiger partial charge in [0.25, 0.3) is 0 Å². The molecule has 0 heterocycles. The maximum atomic E-state index is 3.74. The Hall–Kier alpha value is -0.980. The van der Waals surface area contributed by atoms with Crippen molar-refractivity contribution in [2.24, 2.45) is 11.8 Å². The summed E-state index contributed by atoms with van der Waals surface area (Å²) in [6.45, 7) is 9.09. The van der Waals surface area contributed by atoms with E-state index in [4.69, 9.17) is 0 Å². The van der Waals surface area contributed by atoms with Crippen LogP contribution in [0.3, 0.4) is 0 Å². The van der Waals surface area contributed by atoms with Crippen LogP contribution in [0.2, 0.25) is 0 Å². The van der Waals surface area contributed by atoms with E-state index in [9.17, 15) is 0 Å². The lowest BCUT2D eigenvalue weighted by Crippen LogP contribution is -2.28. The Kier molecular flexibility index (Phi) is 4.31. The van der Waals surface area contributed by atoms with E-state index in [2.05, 4.69) is 51.2 Å². The second kappa shape index (κ2) is 5.77. The van der Waals surface area contributed by atoms with Crippen LogP contribution in [0.1, 0.15) is 50.7 Å². The Labute approximate surface area is 112 Å². The van der Waals surface area contributed by atoms with Crippen molar-refractivity contribution in [3.05, 3.63) is 29.3 Å². The van der Waals surface area contributed by atoms with Crippen molar-refractivity contribution in [3.8, 4) is 0 Å². The van der Waals surface area contributed by atoms with Crippen molar-refractivity contribution in [2.45, 2.75) is 59.4 Å². The van der Waals surface area contributed by atoms with E-state index in [1.807, 2.05) is 0 Å². The molecule has 0 spiro atoms. The molecule has 1 aliphatic carbocycles. The Morgan fingerprint density at radius 2 is 1.72 bits per heavy atom. The van der Waals surface area contributed by atoms with Crippen molar-refractivity contribution in [1.29, 1.82) is 0 Å². The summed E-state index contributed by atoms with van der Waals surface area (Å²) < 4.78 is 0. The molecule has 0 aromatic heterocycles. The fourth-order valence-corrected chi connectivity index (χ4v) is 3.13. The van der Waals surface area contributed by atoms with Gasteiger partial charge >= 0.3 is 0 Å². The molecule has 0 saturated heterocycles. The largest absolute Gasteiger partial charge is 0.382 e. The zero-order valence-corrected chi connectivity index (χ0v) is 12.3. The summed E-state index contributed by atoms with van der Waals surface area (Å²) in [6.07, 6.45) is 5.44. The van der Waals surface area contributed by atoms with E-state index < -0.39 is 0 Å². The first kappa shape index (κ1) is 13.5. The molecule has 1 aromatic rings. The molecule has 0 aliphatic heterocycles. The second-order valence-corrected chi connectivity index (χ2v) is 6.32. The highest BCUT2D eigenvalue weighted by Gasteiger charge is 2.23. The molecule has 0 amide bonds. The minimum Gasteiger partial charge on any atom is -0.382 e. The second-order valence-electron chi connectivity index (χ2n) is 6.32. The molecule has 100 valence electrons.